The first-order valence-corrected chi connectivity index (χ1v) is 9.42. The third kappa shape index (κ3) is 6.87. The van der Waals surface area contributed by atoms with Crippen LogP contribution in [0, 0.1) is 4.91 Å². The van der Waals surface area contributed by atoms with Gasteiger partial charge in [-0.2, -0.15) is 0 Å². The van der Waals surface area contributed by atoms with E-state index < -0.39 is 11.6 Å². The molecule has 0 aliphatic carbocycles. The quantitative estimate of drug-likeness (QED) is 0.171. The number of hydrogen-bond donors (Lipinski definition) is 0. The molecule has 2 rings (SSSR count). The van der Waals surface area contributed by atoms with Gasteiger partial charge in [0.15, 0.2) is 16.7 Å². The maximum absolute atomic E-state index is 12.5. The number of nitrogens with zero attached hydrogens (tertiary/aromatic N) is 1. The number of carbonyl (C=O) groups excluding carboxylic acids is 2. The highest BCUT2D eigenvalue weighted by molar-refractivity contribution is 6.30. The number of carbonyl (C=O) groups is 2. The van der Waals surface area contributed by atoms with Gasteiger partial charge >= 0.3 is 5.97 Å². The lowest BCUT2D eigenvalue weighted by Crippen LogP contribution is -2.39. The van der Waals surface area contributed by atoms with E-state index in [4.69, 9.17) is 21.1 Å². The molecule has 0 radical (unpaired) electrons. The van der Waals surface area contributed by atoms with Gasteiger partial charge in [0.05, 0.1) is 6.61 Å². The van der Waals surface area contributed by atoms with Crippen molar-refractivity contribution < 1.29 is 23.9 Å². The fraction of sp³-hybridized carbons (Fsp3) is 0.333. The molecule has 0 aliphatic rings. The van der Waals surface area contributed by atoms with Crippen molar-refractivity contribution in [2.45, 2.75) is 32.3 Å². The van der Waals surface area contributed by atoms with Crippen molar-refractivity contribution in [2.24, 2.45) is 5.34 Å². The van der Waals surface area contributed by atoms with Crippen molar-refractivity contribution in [3.8, 4) is 5.75 Å². The summed E-state index contributed by atoms with van der Waals surface area (Å²) in [6.07, 6.45) is 1.09. The highest BCUT2D eigenvalue weighted by Crippen LogP contribution is 2.22. The zero-order valence-corrected chi connectivity index (χ0v) is 17.0. The van der Waals surface area contributed by atoms with Crippen LogP contribution in [-0.4, -0.2) is 30.6 Å². The minimum absolute atomic E-state index is 0.138. The molecule has 0 spiro atoms. The van der Waals surface area contributed by atoms with Crippen molar-refractivity contribution in [1.82, 2.24) is 0 Å². The van der Waals surface area contributed by atoms with Gasteiger partial charge in [0.2, 0.25) is 0 Å². The van der Waals surface area contributed by atoms with E-state index in [0.29, 0.717) is 34.7 Å². The SMILES string of the molecule is CC(C)(Oc1ccc(C(=O)c2ccc(Cl)cc2)cc1)C(=O)OCCCCON=O. The van der Waals surface area contributed by atoms with Gasteiger partial charge in [-0.25, -0.2) is 4.79 Å². The van der Waals surface area contributed by atoms with Gasteiger partial charge in [0.1, 0.15) is 12.4 Å². The van der Waals surface area contributed by atoms with Gasteiger partial charge in [-0.3, -0.25) is 4.79 Å². The molecular weight excluding hydrogens is 398 g/mol. The van der Waals surface area contributed by atoms with Gasteiger partial charge in [-0.05, 0) is 75.2 Å². The summed E-state index contributed by atoms with van der Waals surface area (Å²) in [5.74, 6) is -0.223. The maximum atomic E-state index is 12.5. The molecule has 0 atom stereocenters. The first kappa shape index (κ1) is 22.4. The second-order valence-corrected chi connectivity index (χ2v) is 7.16. The van der Waals surface area contributed by atoms with Crippen molar-refractivity contribution in [3.05, 3.63) is 69.6 Å². The summed E-state index contributed by atoms with van der Waals surface area (Å²) >= 11 is 5.84. The Balaban J connectivity index is 1.90. The van der Waals surface area contributed by atoms with Gasteiger partial charge in [-0.15, -0.1) is 4.91 Å². The Morgan fingerprint density at radius 3 is 2.07 bits per heavy atom. The molecule has 0 saturated carbocycles. The Morgan fingerprint density at radius 1 is 0.931 bits per heavy atom. The molecule has 29 heavy (non-hydrogen) atoms. The van der Waals surface area contributed by atoms with Gasteiger partial charge in [0, 0.05) is 16.1 Å². The summed E-state index contributed by atoms with van der Waals surface area (Å²) in [6.45, 7) is 3.56. The van der Waals surface area contributed by atoms with Gasteiger partial charge < -0.3 is 14.3 Å². The van der Waals surface area contributed by atoms with E-state index in [1.54, 1.807) is 62.4 Å². The molecule has 2 aromatic carbocycles. The topological polar surface area (TPSA) is 91.3 Å². The number of ether oxygens (including phenoxy) is 2. The average Bonchev–Trinajstić information content (AvgIpc) is 2.70. The zero-order valence-electron chi connectivity index (χ0n) is 16.2. The first-order chi connectivity index (χ1) is 13.8. The Labute approximate surface area is 173 Å². The minimum atomic E-state index is -1.21. The van der Waals surface area contributed by atoms with Crippen molar-refractivity contribution in [1.29, 1.82) is 0 Å². The summed E-state index contributed by atoms with van der Waals surface area (Å²) in [4.78, 5) is 38.8. The van der Waals surface area contributed by atoms with Crippen LogP contribution in [0.25, 0.3) is 0 Å². The predicted octanol–water partition coefficient (Wildman–Crippen LogP) is 4.75. The van der Waals surface area contributed by atoms with E-state index in [1.807, 2.05) is 0 Å². The number of benzene rings is 2. The van der Waals surface area contributed by atoms with Gasteiger partial charge in [-0.1, -0.05) is 11.6 Å². The van der Waals surface area contributed by atoms with Crippen LogP contribution in [0.15, 0.2) is 53.9 Å². The molecule has 0 saturated heterocycles. The molecule has 7 nitrogen and oxygen atoms in total. The lowest BCUT2D eigenvalue weighted by atomic mass is 10.0. The number of rotatable bonds is 11. The smallest absolute Gasteiger partial charge is 0.349 e. The molecule has 0 heterocycles. The molecule has 0 N–H and O–H groups in total. The molecule has 0 unspecified atom stereocenters. The third-order valence-corrected chi connectivity index (χ3v) is 4.26. The second-order valence-electron chi connectivity index (χ2n) is 6.72. The summed E-state index contributed by atoms with van der Waals surface area (Å²) in [5.41, 5.74) is -0.184. The summed E-state index contributed by atoms with van der Waals surface area (Å²) in [6, 6.07) is 13.2. The molecule has 2 aromatic rings. The number of ketones is 1. The van der Waals surface area contributed by atoms with E-state index in [1.165, 1.54) is 0 Å². The van der Waals surface area contributed by atoms with Crippen LogP contribution in [0.4, 0.5) is 0 Å². The van der Waals surface area contributed by atoms with Crippen molar-refractivity contribution in [2.75, 3.05) is 13.2 Å². The Kier molecular flexibility index (Phi) is 8.15. The molecule has 0 bridgehead atoms. The van der Waals surface area contributed by atoms with E-state index >= 15 is 0 Å². The molecule has 0 aliphatic heterocycles. The van der Waals surface area contributed by atoms with Crippen molar-refractivity contribution >= 4 is 23.4 Å². The number of hydrogen-bond acceptors (Lipinski definition) is 7. The monoisotopic (exact) mass is 419 g/mol. The fourth-order valence-corrected chi connectivity index (χ4v) is 2.55. The average molecular weight is 420 g/mol. The maximum Gasteiger partial charge on any atom is 0.349 e. The predicted molar refractivity (Wildman–Crippen MR) is 108 cm³/mol. The highest BCUT2D eigenvalue weighted by atomic mass is 35.5. The first-order valence-electron chi connectivity index (χ1n) is 9.04. The van der Waals surface area contributed by atoms with Crippen LogP contribution in [0.1, 0.15) is 42.6 Å². The second kappa shape index (κ2) is 10.6. The van der Waals surface area contributed by atoms with Crippen LogP contribution in [0.3, 0.4) is 0 Å². The molecule has 0 fully saturated rings. The van der Waals surface area contributed by atoms with E-state index in [-0.39, 0.29) is 19.0 Å². The standard InChI is InChI=1S/C21H22ClNO6/c1-21(2,20(25)27-13-3-4-14-28-23-26)29-18-11-7-16(8-12-18)19(24)15-5-9-17(22)10-6-15/h5-12H,3-4,13-14H2,1-2H3. The zero-order chi connectivity index (χ0) is 21.3. The Morgan fingerprint density at radius 2 is 1.48 bits per heavy atom. The summed E-state index contributed by atoms with van der Waals surface area (Å²) < 4.78 is 10.9. The lowest BCUT2D eigenvalue weighted by Gasteiger charge is -2.24. The Hall–Kier alpha value is -2.93. The molecule has 0 aromatic heterocycles. The van der Waals surface area contributed by atoms with E-state index in [9.17, 15) is 14.5 Å². The van der Waals surface area contributed by atoms with Crippen LogP contribution in [0.5, 0.6) is 5.75 Å². The van der Waals surface area contributed by atoms with Gasteiger partial charge in [0.25, 0.3) is 0 Å². The summed E-state index contributed by atoms with van der Waals surface area (Å²) in [5, 5.41) is 2.85. The lowest BCUT2D eigenvalue weighted by molar-refractivity contribution is -0.159. The largest absolute Gasteiger partial charge is 0.476 e. The number of esters is 1. The molecule has 8 heteroatoms. The number of halogens is 1. The molecular formula is C21H22ClNO6. The fourth-order valence-electron chi connectivity index (χ4n) is 2.42. The van der Waals surface area contributed by atoms with E-state index in [2.05, 4.69) is 10.2 Å². The molecule has 0 amide bonds. The highest BCUT2D eigenvalue weighted by Gasteiger charge is 2.31. The summed E-state index contributed by atoms with van der Waals surface area (Å²) in [7, 11) is 0. The van der Waals surface area contributed by atoms with Crippen LogP contribution in [-0.2, 0) is 14.4 Å². The normalized spacial score (nSPS) is 10.9. The van der Waals surface area contributed by atoms with Crippen LogP contribution >= 0.6 is 11.6 Å². The van der Waals surface area contributed by atoms with Crippen LogP contribution < -0.4 is 4.74 Å². The molecule has 154 valence electrons. The Bertz CT molecular complexity index is 833. The van der Waals surface area contributed by atoms with Crippen molar-refractivity contribution in [3.63, 3.8) is 0 Å². The van der Waals surface area contributed by atoms with Crippen LogP contribution in [0.2, 0.25) is 5.02 Å². The number of unbranched alkanes of at least 4 members (excludes halogenated alkanes) is 1. The third-order valence-electron chi connectivity index (χ3n) is 4.00. The van der Waals surface area contributed by atoms with E-state index in [0.717, 1.165) is 0 Å². The minimum Gasteiger partial charge on any atom is -0.476 e.